The molecular formula is C19H19N5O2. The van der Waals surface area contributed by atoms with Gasteiger partial charge in [0.2, 0.25) is 0 Å². The van der Waals surface area contributed by atoms with Gasteiger partial charge in [0, 0.05) is 30.2 Å². The zero-order valence-electron chi connectivity index (χ0n) is 14.6. The van der Waals surface area contributed by atoms with Crippen molar-refractivity contribution in [3.63, 3.8) is 0 Å². The lowest BCUT2D eigenvalue weighted by Crippen LogP contribution is -2.13. The molecule has 3 aromatic heterocycles. The van der Waals surface area contributed by atoms with Crippen LogP contribution in [-0.4, -0.2) is 27.5 Å². The van der Waals surface area contributed by atoms with Crippen LogP contribution in [0.2, 0.25) is 0 Å². The number of hydrogen-bond acceptors (Lipinski definition) is 6. The third-order valence-corrected chi connectivity index (χ3v) is 3.52. The highest BCUT2D eigenvalue weighted by Gasteiger charge is 2.11. The Bertz CT molecular complexity index is 896. The molecule has 7 nitrogen and oxygen atoms in total. The first-order valence-corrected chi connectivity index (χ1v) is 8.19. The lowest BCUT2D eigenvalue weighted by molar-refractivity contribution is 0.102. The first kappa shape index (κ1) is 17.3. The number of nitrogens with one attached hydrogen (secondary N) is 2. The molecule has 0 aliphatic heterocycles. The number of nitrogens with zero attached hydrogens (tertiary/aromatic N) is 3. The highest BCUT2D eigenvalue weighted by molar-refractivity contribution is 6.05. The van der Waals surface area contributed by atoms with Crippen LogP contribution < -0.4 is 15.4 Å². The van der Waals surface area contributed by atoms with Crippen LogP contribution >= 0.6 is 0 Å². The quantitative estimate of drug-likeness (QED) is 0.707. The Morgan fingerprint density at radius 3 is 2.73 bits per heavy atom. The predicted octanol–water partition coefficient (Wildman–Crippen LogP) is 3.57. The van der Waals surface area contributed by atoms with Crippen LogP contribution in [0.15, 0.2) is 55.1 Å². The number of aromatic nitrogens is 3. The van der Waals surface area contributed by atoms with Gasteiger partial charge in [0.25, 0.3) is 5.91 Å². The molecular weight excluding hydrogens is 330 g/mol. The third-order valence-electron chi connectivity index (χ3n) is 3.52. The SMILES string of the molecule is CCOc1ccncc1NC(=O)c1ccnc(Nc2ccc(C)cn2)c1. The van der Waals surface area contributed by atoms with E-state index in [1.165, 1.54) is 0 Å². The number of ether oxygens (including phenoxy) is 1. The van der Waals surface area contributed by atoms with E-state index >= 15 is 0 Å². The number of rotatable bonds is 6. The molecule has 0 radical (unpaired) electrons. The Kier molecular flexibility index (Phi) is 5.38. The highest BCUT2D eigenvalue weighted by Crippen LogP contribution is 2.23. The maximum Gasteiger partial charge on any atom is 0.255 e. The number of amides is 1. The third kappa shape index (κ3) is 4.32. The molecule has 0 atom stereocenters. The Labute approximate surface area is 151 Å². The minimum Gasteiger partial charge on any atom is -0.492 e. The van der Waals surface area contributed by atoms with Crippen molar-refractivity contribution >= 4 is 23.2 Å². The molecule has 0 saturated heterocycles. The summed E-state index contributed by atoms with van der Waals surface area (Å²) in [5, 5.41) is 5.90. The summed E-state index contributed by atoms with van der Waals surface area (Å²) in [4.78, 5) is 25.1. The summed E-state index contributed by atoms with van der Waals surface area (Å²) in [6, 6.07) is 8.81. The maximum atomic E-state index is 12.6. The molecule has 7 heteroatoms. The van der Waals surface area contributed by atoms with Gasteiger partial charge in [0.15, 0.2) is 0 Å². The summed E-state index contributed by atoms with van der Waals surface area (Å²) < 4.78 is 5.50. The minimum absolute atomic E-state index is 0.277. The van der Waals surface area contributed by atoms with Crippen molar-refractivity contribution in [2.75, 3.05) is 17.2 Å². The molecule has 0 bridgehead atoms. The van der Waals surface area contributed by atoms with Gasteiger partial charge in [-0.05, 0) is 37.6 Å². The topological polar surface area (TPSA) is 89.0 Å². The second kappa shape index (κ2) is 8.06. The molecule has 132 valence electrons. The van der Waals surface area contributed by atoms with Gasteiger partial charge in [-0.15, -0.1) is 0 Å². The number of carbonyl (C=O) groups excluding carboxylic acids is 1. The lowest BCUT2D eigenvalue weighted by atomic mass is 10.2. The average Bonchev–Trinajstić information content (AvgIpc) is 2.66. The Hall–Kier alpha value is -3.48. The van der Waals surface area contributed by atoms with E-state index in [0.717, 1.165) is 5.56 Å². The first-order valence-electron chi connectivity index (χ1n) is 8.19. The molecule has 1 amide bonds. The molecule has 0 spiro atoms. The van der Waals surface area contributed by atoms with Gasteiger partial charge < -0.3 is 15.4 Å². The van der Waals surface area contributed by atoms with Gasteiger partial charge in [0.05, 0.1) is 12.8 Å². The summed E-state index contributed by atoms with van der Waals surface area (Å²) in [5.41, 5.74) is 2.05. The molecule has 0 fully saturated rings. The van der Waals surface area contributed by atoms with Gasteiger partial charge >= 0.3 is 0 Å². The fraction of sp³-hybridized carbons (Fsp3) is 0.158. The van der Waals surface area contributed by atoms with Crippen LogP contribution in [0.4, 0.5) is 17.3 Å². The molecule has 3 aromatic rings. The summed E-state index contributed by atoms with van der Waals surface area (Å²) in [6.07, 6.45) is 6.50. The van der Waals surface area contributed by atoms with Crippen molar-refractivity contribution in [2.45, 2.75) is 13.8 Å². The van der Waals surface area contributed by atoms with Crippen molar-refractivity contribution in [1.29, 1.82) is 0 Å². The summed E-state index contributed by atoms with van der Waals surface area (Å²) in [6.45, 7) is 4.35. The molecule has 3 heterocycles. The number of carbonyl (C=O) groups is 1. The monoisotopic (exact) mass is 349 g/mol. The van der Waals surface area contributed by atoms with Crippen LogP contribution in [0.25, 0.3) is 0 Å². The zero-order valence-corrected chi connectivity index (χ0v) is 14.6. The molecule has 0 saturated carbocycles. The van der Waals surface area contributed by atoms with E-state index in [4.69, 9.17) is 4.74 Å². The molecule has 2 N–H and O–H groups in total. The molecule has 0 aliphatic carbocycles. The second-order valence-corrected chi connectivity index (χ2v) is 5.53. The lowest BCUT2D eigenvalue weighted by Gasteiger charge is -2.11. The molecule has 0 aliphatic rings. The van der Waals surface area contributed by atoms with E-state index < -0.39 is 0 Å². The standard InChI is InChI=1S/C19H19N5O2/c1-3-26-16-7-8-20-12-15(16)23-19(25)14-6-9-21-18(10-14)24-17-5-4-13(2)11-22-17/h4-12H,3H2,1-2H3,(H,23,25)(H,21,22,24). The van der Waals surface area contributed by atoms with Crippen molar-refractivity contribution < 1.29 is 9.53 Å². The van der Waals surface area contributed by atoms with Crippen molar-refractivity contribution in [2.24, 2.45) is 0 Å². The second-order valence-electron chi connectivity index (χ2n) is 5.53. The molecule has 26 heavy (non-hydrogen) atoms. The van der Waals surface area contributed by atoms with Gasteiger partial charge in [0.1, 0.15) is 23.1 Å². The highest BCUT2D eigenvalue weighted by atomic mass is 16.5. The van der Waals surface area contributed by atoms with Gasteiger partial charge in [-0.1, -0.05) is 6.07 Å². The van der Waals surface area contributed by atoms with Crippen LogP contribution in [0.3, 0.4) is 0 Å². The predicted molar refractivity (Wildman–Crippen MR) is 99.9 cm³/mol. The number of pyridine rings is 3. The largest absolute Gasteiger partial charge is 0.492 e. The van der Waals surface area contributed by atoms with E-state index in [9.17, 15) is 4.79 Å². The van der Waals surface area contributed by atoms with Gasteiger partial charge in [-0.2, -0.15) is 0 Å². The average molecular weight is 349 g/mol. The number of hydrogen-bond donors (Lipinski definition) is 2. The summed E-state index contributed by atoms with van der Waals surface area (Å²) >= 11 is 0. The molecule has 3 rings (SSSR count). The zero-order chi connectivity index (χ0) is 18.4. The Morgan fingerprint density at radius 1 is 1.08 bits per heavy atom. The van der Waals surface area contributed by atoms with Gasteiger partial charge in [-0.25, -0.2) is 9.97 Å². The minimum atomic E-state index is -0.277. The van der Waals surface area contributed by atoms with E-state index in [0.29, 0.717) is 35.2 Å². The first-order chi connectivity index (χ1) is 12.7. The van der Waals surface area contributed by atoms with Crippen molar-refractivity contribution in [1.82, 2.24) is 15.0 Å². The fourth-order valence-electron chi connectivity index (χ4n) is 2.26. The van der Waals surface area contributed by atoms with Crippen LogP contribution in [0, 0.1) is 6.92 Å². The fourth-order valence-corrected chi connectivity index (χ4v) is 2.26. The van der Waals surface area contributed by atoms with Crippen LogP contribution in [0.5, 0.6) is 5.75 Å². The smallest absolute Gasteiger partial charge is 0.255 e. The Morgan fingerprint density at radius 2 is 1.96 bits per heavy atom. The van der Waals surface area contributed by atoms with Gasteiger partial charge in [-0.3, -0.25) is 9.78 Å². The number of aryl methyl sites for hydroxylation is 1. The summed E-state index contributed by atoms with van der Waals surface area (Å²) in [5.74, 6) is 1.49. The maximum absolute atomic E-state index is 12.6. The van der Waals surface area contributed by atoms with E-state index in [-0.39, 0.29) is 5.91 Å². The van der Waals surface area contributed by atoms with E-state index in [1.54, 1.807) is 43.0 Å². The van der Waals surface area contributed by atoms with Crippen molar-refractivity contribution in [3.05, 3.63) is 66.2 Å². The van der Waals surface area contributed by atoms with E-state index in [1.807, 2.05) is 26.0 Å². The molecule has 0 aromatic carbocycles. The van der Waals surface area contributed by atoms with Crippen LogP contribution in [0.1, 0.15) is 22.8 Å². The van der Waals surface area contributed by atoms with Crippen LogP contribution in [-0.2, 0) is 0 Å². The summed E-state index contributed by atoms with van der Waals surface area (Å²) in [7, 11) is 0. The van der Waals surface area contributed by atoms with Crippen molar-refractivity contribution in [3.8, 4) is 5.75 Å². The Balaban J connectivity index is 1.75. The normalized spacial score (nSPS) is 10.2. The molecule has 0 unspecified atom stereocenters. The number of anilines is 3. The van der Waals surface area contributed by atoms with E-state index in [2.05, 4.69) is 25.6 Å².